The van der Waals surface area contributed by atoms with Crippen LogP contribution in [0.15, 0.2) is 85.5 Å². The summed E-state index contributed by atoms with van der Waals surface area (Å²) >= 11 is 0. The number of ether oxygens (including phenoxy) is 2. The summed E-state index contributed by atoms with van der Waals surface area (Å²) in [5, 5.41) is 16.2. The second-order valence-corrected chi connectivity index (χ2v) is 15.1. The average molecular weight is 650 g/mol. The lowest BCUT2D eigenvalue weighted by Crippen LogP contribution is -2.61. The van der Waals surface area contributed by atoms with Gasteiger partial charge in [0, 0.05) is 36.7 Å². The van der Waals surface area contributed by atoms with E-state index in [2.05, 4.69) is 84.6 Å². The molecular formula is C41H51N3O4. The van der Waals surface area contributed by atoms with E-state index >= 15 is 0 Å². The van der Waals surface area contributed by atoms with E-state index in [4.69, 9.17) is 9.47 Å². The predicted molar refractivity (Wildman–Crippen MR) is 189 cm³/mol. The highest BCUT2D eigenvalue weighted by Crippen LogP contribution is 2.55. The molecule has 2 amide bonds. The lowest BCUT2D eigenvalue weighted by atomic mass is 9.53. The molecule has 8 rings (SSSR count). The Morgan fingerprint density at radius 1 is 0.938 bits per heavy atom. The van der Waals surface area contributed by atoms with E-state index in [1.165, 1.54) is 19.3 Å². The number of carbonyl (C=O) groups excluding carboxylic acids is 1. The summed E-state index contributed by atoms with van der Waals surface area (Å²) in [7, 11) is 2.08. The highest BCUT2D eigenvalue weighted by Gasteiger charge is 2.51. The molecule has 5 aliphatic rings. The van der Waals surface area contributed by atoms with Crippen LogP contribution in [0.3, 0.4) is 0 Å². The molecule has 4 saturated carbocycles. The van der Waals surface area contributed by atoms with Gasteiger partial charge in [-0.1, -0.05) is 85.8 Å². The van der Waals surface area contributed by atoms with Crippen molar-refractivity contribution in [3.05, 3.63) is 108 Å². The monoisotopic (exact) mass is 649 g/mol. The van der Waals surface area contributed by atoms with Crippen molar-refractivity contribution in [1.29, 1.82) is 0 Å². The van der Waals surface area contributed by atoms with Gasteiger partial charge in [-0.25, -0.2) is 4.79 Å². The normalized spacial score (nSPS) is 30.7. The first-order chi connectivity index (χ1) is 23.3. The Morgan fingerprint density at radius 2 is 1.58 bits per heavy atom. The number of urea groups is 1. The Hall–Kier alpha value is -3.49. The van der Waals surface area contributed by atoms with Crippen LogP contribution >= 0.6 is 0 Å². The Morgan fingerprint density at radius 3 is 2.23 bits per heavy atom. The second kappa shape index (κ2) is 14.2. The van der Waals surface area contributed by atoms with Crippen molar-refractivity contribution in [2.45, 2.75) is 82.6 Å². The number of hydrogen-bond acceptors (Lipinski definition) is 5. The quantitative estimate of drug-likeness (QED) is 0.187. The minimum atomic E-state index is -0.523. The van der Waals surface area contributed by atoms with Gasteiger partial charge in [-0.05, 0) is 91.1 Å². The number of aliphatic hydroxyl groups is 1. The number of nitrogens with one attached hydrogen (secondary N) is 2. The van der Waals surface area contributed by atoms with Crippen molar-refractivity contribution in [1.82, 2.24) is 15.5 Å². The minimum Gasteiger partial charge on any atom is -0.392 e. The van der Waals surface area contributed by atoms with E-state index in [1.54, 1.807) is 0 Å². The summed E-state index contributed by atoms with van der Waals surface area (Å²) in [6.07, 6.45) is 8.70. The summed E-state index contributed by atoms with van der Waals surface area (Å²) in [5.41, 5.74) is 6.19. The third-order valence-electron chi connectivity index (χ3n) is 11.4. The van der Waals surface area contributed by atoms with E-state index in [-0.39, 0.29) is 36.3 Å². The first kappa shape index (κ1) is 33.0. The molecule has 1 saturated heterocycles. The van der Waals surface area contributed by atoms with Gasteiger partial charge in [-0.2, -0.15) is 0 Å². The van der Waals surface area contributed by atoms with E-state index in [0.29, 0.717) is 6.54 Å². The highest BCUT2D eigenvalue weighted by molar-refractivity contribution is 5.76. The van der Waals surface area contributed by atoms with Crippen molar-refractivity contribution in [3.63, 3.8) is 0 Å². The van der Waals surface area contributed by atoms with Crippen LogP contribution in [0.1, 0.15) is 80.1 Å². The predicted octanol–water partition coefficient (Wildman–Crippen LogP) is 7.52. The Bertz CT molecular complexity index is 1540. The summed E-state index contributed by atoms with van der Waals surface area (Å²) in [5.74, 6) is 2.50. The zero-order chi connectivity index (χ0) is 33.3. The molecule has 4 atom stereocenters. The topological polar surface area (TPSA) is 83.1 Å². The SMILES string of the molecule is C=CCN(C)CC1OC(c2ccc(-c3ccccc3CNC(=O)NC34CC5CC(CC(C5)C3)C4)cc2)OC(c2ccc(CO)cc2)C1C. The molecule has 0 aromatic heterocycles. The largest absolute Gasteiger partial charge is 0.392 e. The van der Waals surface area contributed by atoms with Crippen LogP contribution in [0.5, 0.6) is 0 Å². The van der Waals surface area contributed by atoms with Crippen LogP contribution in [0.25, 0.3) is 11.1 Å². The molecule has 7 heteroatoms. The number of likely N-dealkylation sites (N-methyl/N-ethyl adjacent to an activating group) is 1. The summed E-state index contributed by atoms with van der Waals surface area (Å²) in [6, 6.07) is 24.7. The van der Waals surface area contributed by atoms with Crippen molar-refractivity contribution in [2.75, 3.05) is 20.1 Å². The fraction of sp³-hybridized carbons (Fsp3) is 0.488. The second-order valence-electron chi connectivity index (χ2n) is 15.1. The fourth-order valence-electron chi connectivity index (χ4n) is 9.43. The number of carbonyl (C=O) groups is 1. The molecule has 4 aliphatic carbocycles. The molecule has 1 aliphatic heterocycles. The number of nitrogens with zero attached hydrogens (tertiary/aromatic N) is 1. The van der Waals surface area contributed by atoms with Crippen LogP contribution in [-0.2, 0) is 22.6 Å². The number of rotatable bonds is 11. The van der Waals surface area contributed by atoms with Crippen LogP contribution in [0.2, 0.25) is 0 Å². The van der Waals surface area contributed by atoms with Gasteiger partial charge >= 0.3 is 6.03 Å². The Balaban J connectivity index is 1.04. The summed E-state index contributed by atoms with van der Waals surface area (Å²) in [6.45, 7) is 8.11. The van der Waals surface area contributed by atoms with Gasteiger partial charge in [-0.15, -0.1) is 6.58 Å². The minimum absolute atomic E-state index is 0.00278. The smallest absolute Gasteiger partial charge is 0.315 e. The van der Waals surface area contributed by atoms with Crippen molar-refractivity contribution in [2.24, 2.45) is 23.7 Å². The molecule has 7 nitrogen and oxygen atoms in total. The molecule has 0 radical (unpaired) electrons. The van der Waals surface area contributed by atoms with Gasteiger partial charge in [0.15, 0.2) is 6.29 Å². The maximum absolute atomic E-state index is 13.2. The van der Waals surface area contributed by atoms with Crippen LogP contribution < -0.4 is 10.6 Å². The Labute approximate surface area is 285 Å². The Kier molecular flexibility index (Phi) is 9.75. The van der Waals surface area contributed by atoms with Gasteiger partial charge in [0.25, 0.3) is 0 Å². The average Bonchev–Trinajstić information content (AvgIpc) is 3.08. The molecule has 3 N–H and O–H groups in total. The molecular weight excluding hydrogens is 598 g/mol. The highest BCUT2D eigenvalue weighted by atomic mass is 16.7. The molecule has 254 valence electrons. The fourth-order valence-corrected chi connectivity index (χ4v) is 9.43. The lowest BCUT2D eigenvalue weighted by molar-refractivity contribution is -0.275. The van der Waals surface area contributed by atoms with E-state index < -0.39 is 6.29 Å². The van der Waals surface area contributed by atoms with Gasteiger partial charge in [0.2, 0.25) is 0 Å². The van der Waals surface area contributed by atoms with Crippen LogP contribution in [-0.4, -0.2) is 47.8 Å². The van der Waals surface area contributed by atoms with Crippen LogP contribution in [0, 0.1) is 23.7 Å². The first-order valence-electron chi connectivity index (χ1n) is 17.9. The van der Waals surface area contributed by atoms with Gasteiger partial charge in [0.1, 0.15) is 0 Å². The van der Waals surface area contributed by atoms with E-state index in [9.17, 15) is 9.90 Å². The van der Waals surface area contributed by atoms with Gasteiger partial charge in [0.05, 0.1) is 18.8 Å². The summed E-state index contributed by atoms with van der Waals surface area (Å²) in [4.78, 5) is 15.4. The zero-order valence-corrected chi connectivity index (χ0v) is 28.4. The third kappa shape index (κ3) is 7.11. The molecule has 0 spiro atoms. The molecule has 3 aromatic rings. The maximum Gasteiger partial charge on any atom is 0.315 e. The molecule has 4 bridgehead atoms. The van der Waals surface area contributed by atoms with Crippen molar-refractivity contribution >= 4 is 6.03 Å². The van der Waals surface area contributed by atoms with E-state index in [0.717, 1.165) is 83.5 Å². The summed E-state index contributed by atoms with van der Waals surface area (Å²) < 4.78 is 13.3. The van der Waals surface area contributed by atoms with Crippen molar-refractivity contribution in [3.8, 4) is 11.1 Å². The number of aliphatic hydroxyl groups excluding tert-OH is 1. The molecule has 4 unspecified atom stereocenters. The molecule has 1 heterocycles. The van der Waals surface area contributed by atoms with E-state index in [1.807, 2.05) is 30.3 Å². The third-order valence-corrected chi connectivity index (χ3v) is 11.4. The van der Waals surface area contributed by atoms with Gasteiger partial charge < -0.3 is 30.1 Å². The number of benzene rings is 3. The van der Waals surface area contributed by atoms with Crippen LogP contribution in [0.4, 0.5) is 4.79 Å². The molecule has 5 fully saturated rings. The molecule has 48 heavy (non-hydrogen) atoms. The molecule has 3 aromatic carbocycles. The first-order valence-corrected chi connectivity index (χ1v) is 17.9. The zero-order valence-electron chi connectivity index (χ0n) is 28.4. The van der Waals surface area contributed by atoms with Gasteiger partial charge in [-0.3, -0.25) is 0 Å². The maximum atomic E-state index is 13.2. The number of hydrogen-bond donors (Lipinski definition) is 3. The van der Waals surface area contributed by atoms with Crippen molar-refractivity contribution < 1.29 is 19.4 Å². The lowest BCUT2D eigenvalue weighted by Gasteiger charge is -2.56. The standard InChI is InChI=1S/C41H51N3O4/c1-4-17-44(3)25-37-27(2)38(33-11-9-28(26-45)10-12-33)48-39(47-37)34-15-13-32(14-16-34)36-8-6-5-7-35(36)24-42-40(46)43-41-21-29-18-30(22-41)20-31(19-29)23-41/h4-16,27,29-31,37-39,45H,1,17-26H2,2-3H3,(H2,42,43,46). The number of amides is 2.